The molecule has 1 fully saturated rings. The quantitative estimate of drug-likeness (QED) is 0.481. The molecule has 0 radical (unpaired) electrons. The fourth-order valence-corrected chi connectivity index (χ4v) is 2.54. The molecule has 1 aromatic rings. The molecule has 0 aromatic heterocycles. The van der Waals surface area contributed by atoms with Gasteiger partial charge in [-0.25, -0.2) is 0 Å². The standard InChI is InChI=1S/C15H17ClN2O/c16-7-1-8-18(19)9-6-15(12-18)10-13-2-4-14(11-17)5-3-13/h2-5,10H,1,6-9,12H2/b15-10+. The lowest BCUT2D eigenvalue weighted by Gasteiger charge is -2.38. The fourth-order valence-electron chi connectivity index (χ4n) is 2.42. The molecule has 1 atom stereocenters. The average Bonchev–Trinajstić information content (AvgIpc) is 2.79. The van der Waals surface area contributed by atoms with Gasteiger partial charge in [0.25, 0.3) is 0 Å². The van der Waals surface area contributed by atoms with E-state index in [1.54, 1.807) is 12.1 Å². The van der Waals surface area contributed by atoms with Crippen LogP contribution in [-0.4, -0.2) is 30.2 Å². The van der Waals surface area contributed by atoms with E-state index in [4.69, 9.17) is 16.9 Å². The van der Waals surface area contributed by atoms with E-state index in [0.29, 0.717) is 31.1 Å². The molecular formula is C15H17ClN2O. The van der Waals surface area contributed by atoms with Gasteiger partial charge in [-0.15, -0.1) is 11.6 Å². The number of nitrogens with zero attached hydrogens (tertiary/aromatic N) is 2. The van der Waals surface area contributed by atoms with E-state index in [1.807, 2.05) is 12.1 Å². The molecule has 1 aliphatic heterocycles. The summed E-state index contributed by atoms with van der Waals surface area (Å²) in [7, 11) is 0. The maximum atomic E-state index is 12.4. The van der Waals surface area contributed by atoms with Gasteiger partial charge >= 0.3 is 0 Å². The van der Waals surface area contributed by atoms with Crippen molar-refractivity contribution in [2.45, 2.75) is 12.8 Å². The first-order valence-electron chi connectivity index (χ1n) is 6.48. The predicted molar refractivity (Wildman–Crippen MR) is 77.3 cm³/mol. The second kappa shape index (κ2) is 6.21. The second-order valence-electron chi connectivity index (χ2n) is 4.99. The number of hydrogen-bond acceptors (Lipinski definition) is 2. The summed E-state index contributed by atoms with van der Waals surface area (Å²) < 4.78 is -0.144. The summed E-state index contributed by atoms with van der Waals surface area (Å²) in [6, 6.07) is 9.53. The van der Waals surface area contributed by atoms with Crippen LogP contribution in [0.1, 0.15) is 24.0 Å². The van der Waals surface area contributed by atoms with Crippen molar-refractivity contribution in [1.82, 2.24) is 0 Å². The minimum absolute atomic E-state index is 0.144. The van der Waals surface area contributed by atoms with E-state index in [2.05, 4.69) is 12.1 Å². The second-order valence-corrected chi connectivity index (χ2v) is 5.37. The summed E-state index contributed by atoms with van der Waals surface area (Å²) in [6.45, 7) is 1.82. The Morgan fingerprint density at radius 2 is 2.11 bits per heavy atom. The van der Waals surface area contributed by atoms with Crippen LogP contribution >= 0.6 is 11.6 Å². The minimum atomic E-state index is -0.144. The lowest BCUT2D eigenvalue weighted by Crippen LogP contribution is -2.39. The topological polar surface area (TPSA) is 46.8 Å². The van der Waals surface area contributed by atoms with Crippen molar-refractivity contribution in [3.8, 4) is 6.07 Å². The highest BCUT2D eigenvalue weighted by Gasteiger charge is 2.25. The van der Waals surface area contributed by atoms with Gasteiger partial charge in [-0.3, -0.25) is 0 Å². The third-order valence-electron chi connectivity index (χ3n) is 3.44. The molecular weight excluding hydrogens is 260 g/mol. The van der Waals surface area contributed by atoms with E-state index in [0.717, 1.165) is 18.4 Å². The SMILES string of the molecule is N#Cc1ccc(/C=C2\CC[N+]([O-])(CCCCl)C2)cc1. The Hall–Kier alpha value is -1.34. The number of quaternary nitrogens is 1. The highest BCUT2D eigenvalue weighted by Crippen LogP contribution is 2.25. The van der Waals surface area contributed by atoms with Crippen molar-refractivity contribution in [3.05, 3.63) is 46.2 Å². The van der Waals surface area contributed by atoms with Crippen molar-refractivity contribution in [2.24, 2.45) is 0 Å². The molecule has 0 N–H and O–H groups in total. The van der Waals surface area contributed by atoms with Crippen LogP contribution < -0.4 is 0 Å². The van der Waals surface area contributed by atoms with E-state index in [1.165, 1.54) is 5.57 Å². The summed E-state index contributed by atoms with van der Waals surface area (Å²) in [6.07, 6.45) is 3.70. The zero-order valence-electron chi connectivity index (χ0n) is 10.8. The van der Waals surface area contributed by atoms with E-state index < -0.39 is 0 Å². The number of rotatable bonds is 4. The molecule has 1 unspecified atom stereocenters. The number of hydrogen-bond donors (Lipinski definition) is 0. The van der Waals surface area contributed by atoms with E-state index >= 15 is 0 Å². The maximum absolute atomic E-state index is 12.4. The Morgan fingerprint density at radius 3 is 2.74 bits per heavy atom. The number of hydroxylamine groups is 3. The molecule has 3 nitrogen and oxygen atoms in total. The van der Waals surface area contributed by atoms with Gasteiger partial charge in [0.05, 0.1) is 24.7 Å². The number of halogens is 1. The number of alkyl halides is 1. The highest BCUT2D eigenvalue weighted by molar-refractivity contribution is 6.17. The lowest BCUT2D eigenvalue weighted by molar-refractivity contribution is -0.865. The van der Waals surface area contributed by atoms with Gasteiger partial charge in [-0.2, -0.15) is 5.26 Å². The molecule has 0 aliphatic carbocycles. The Labute approximate surface area is 118 Å². The van der Waals surface area contributed by atoms with Crippen molar-refractivity contribution in [2.75, 3.05) is 25.5 Å². The molecule has 100 valence electrons. The van der Waals surface area contributed by atoms with Crippen LogP contribution in [0.5, 0.6) is 0 Å². The summed E-state index contributed by atoms with van der Waals surface area (Å²) in [5.74, 6) is 0.552. The van der Waals surface area contributed by atoms with Crippen molar-refractivity contribution in [1.29, 1.82) is 5.26 Å². The molecule has 0 spiro atoms. The number of nitriles is 1. The van der Waals surface area contributed by atoms with Gasteiger partial charge in [0, 0.05) is 18.7 Å². The normalized spacial score (nSPS) is 24.6. The van der Waals surface area contributed by atoms with Crippen LogP contribution in [0.15, 0.2) is 29.8 Å². The van der Waals surface area contributed by atoms with Crippen molar-refractivity contribution < 1.29 is 4.65 Å². The van der Waals surface area contributed by atoms with Crippen molar-refractivity contribution in [3.63, 3.8) is 0 Å². The third kappa shape index (κ3) is 3.81. The van der Waals surface area contributed by atoms with Gasteiger partial charge < -0.3 is 9.85 Å². The van der Waals surface area contributed by atoms with Crippen LogP contribution in [0.3, 0.4) is 0 Å². The summed E-state index contributed by atoms with van der Waals surface area (Å²) >= 11 is 5.65. The van der Waals surface area contributed by atoms with Gasteiger partial charge in [-0.1, -0.05) is 12.1 Å². The molecule has 0 amide bonds. The molecule has 2 rings (SSSR count). The third-order valence-corrected chi connectivity index (χ3v) is 3.71. The molecule has 4 heteroatoms. The summed E-state index contributed by atoms with van der Waals surface area (Å²) in [5, 5.41) is 21.1. The van der Waals surface area contributed by atoms with Gasteiger partial charge in [-0.05, 0) is 29.3 Å². The molecule has 19 heavy (non-hydrogen) atoms. The average molecular weight is 277 g/mol. The first-order valence-corrected chi connectivity index (χ1v) is 7.01. The Morgan fingerprint density at radius 1 is 1.37 bits per heavy atom. The minimum Gasteiger partial charge on any atom is -0.633 e. The van der Waals surface area contributed by atoms with E-state index in [9.17, 15) is 5.21 Å². The monoisotopic (exact) mass is 276 g/mol. The number of likely N-dealkylation sites (tertiary alicyclic amines) is 1. The Balaban J connectivity index is 2.03. The molecule has 1 aliphatic rings. The van der Waals surface area contributed by atoms with Crippen LogP contribution in [0.25, 0.3) is 6.08 Å². The smallest absolute Gasteiger partial charge is 0.101 e. The molecule has 0 bridgehead atoms. The Bertz CT molecular complexity index is 504. The zero-order chi connectivity index (χ0) is 13.7. The zero-order valence-corrected chi connectivity index (χ0v) is 11.6. The molecule has 0 saturated carbocycles. The summed E-state index contributed by atoms with van der Waals surface area (Å²) in [4.78, 5) is 0. The van der Waals surface area contributed by atoms with Gasteiger partial charge in [0.1, 0.15) is 6.54 Å². The molecule has 1 heterocycles. The van der Waals surface area contributed by atoms with Gasteiger partial charge in [0.2, 0.25) is 0 Å². The highest BCUT2D eigenvalue weighted by atomic mass is 35.5. The van der Waals surface area contributed by atoms with Crippen LogP contribution in [0.2, 0.25) is 0 Å². The first kappa shape index (κ1) is 14.1. The van der Waals surface area contributed by atoms with Gasteiger partial charge in [0.15, 0.2) is 0 Å². The van der Waals surface area contributed by atoms with E-state index in [-0.39, 0.29) is 4.65 Å². The summed E-state index contributed by atoms with van der Waals surface area (Å²) in [5.41, 5.74) is 2.90. The Kier molecular flexibility index (Phi) is 4.60. The van der Waals surface area contributed by atoms with Crippen LogP contribution in [0, 0.1) is 16.5 Å². The largest absolute Gasteiger partial charge is 0.633 e. The maximum Gasteiger partial charge on any atom is 0.101 e. The van der Waals surface area contributed by atoms with Crippen LogP contribution in [-0.2, 0) is 0 Å². The predicted octanol–water partition coefficient (Wildman–Crippen LogP) is 3.29. The van der Waals surface area contributed by atoms with Crippen LogP contribution in [0.4, 0.5) is 0 Å². The molecule has 1 aromatic carbocycles. The molecule has 1 saturated heterocycles. The number of benzene rings is 1. The van der Waals surface area contributed by atoms with Crippen molar-refractivity contribution >= 4 is 17.7 Å². The first-order chi connectivity index (χ1) is 9.15. The fraction of sp³-hybridized carbons (Fsp3) is 0.400. The lowest BCUT2D eigenvalue weighted by atomic mass is 10.1.